The lowest BCUT2D eigenvalue weighted by atomic mass is 10.0. The maximum Gasteiger partial charge on any atom is 0.290 e. The third-order valence-electron chi connectivity index (χ3n) is 6.44. The molecule has 3 aromatic rings. The molecule has 0 unspecified atom stereocenters. The third kappa shape index (κ3) is 5.06. The van der Waals surface area contributed by atoms with Gasteiger partial charge in [0.1, 0.15) is 11.8 Å². The summed E-state index contributed by atoms with van der Waals surface area (Å²) >= 11 is 0.878. The van der Waals surface area contributed by atoms with Crippen molar-refractivity contribution in [1.29, 1.82) is 0 Å². The monoisotopic (exact) mass is 488 g/mol. The summed E-state index contributed by atoms with van der Waals surface area (Å²) in [4.78, 5) is 42.4. The highest BCUT2D eigenvalue weighted by Crippen LogP contribution is 2.31. The summed E-state index contributed by atoms with van der Waals surface area (Å²) in [7, 11) is 0. The van der Waals surface area contributed by atoms with Gasteiger partial charge in [-0.25, -0.2) is 15.0 Å². The molecule has 180 valence electrons. The number of imide groups is 1. The highest BCUT2D eigenvalue weighted by Gasteiger charge is 2.25. The number of hydrogen-bond acceptors (Lipinski definition) is 8. The van der Waals surface area contributed by atoms with Gasteiger partial charge in [0.15, 0.2) is 0 Å². The van der Waals surface area contributed by atoms with Crippen LogP contribution in [-0.2, 0) is 4.79 Å². The van der Waals surface area contributed by atoms with Gasteiger partial charge in [-0.15, -0.1) is 0 Å². The number of nitrogens with one attached hydrogen (secondary N) is 1. The fourth-order valence-corrected chi connectivity index (χ4v) is 5.22. The van der Waals surface area contributed by atoms with E-state index in [0.29, 0.717) is 16.1 Å². The Balaban J connectivity index is 1.41. The molecule has 2 fully saturated rings. The minimum atomic E-state index is -0.399. The van der Waals surface area contributed by atoms with Gasteiger partial charge in [-0.05, 0) is 67.6 Å². The number of rotatable bonds is 6. The van der Waals surface area contributed by atoms with Gasteiger partial charge in [0.25, 0.3) is 11.1 Å². The summed E-state index contributed by atoms with van der Waals surface area (Å²) in [6, 6.07) is 10.1. The molecule has 5 rings (SSSR count). The van der Waals surface area contributed by atoms with Gasteiger partial charge < -0.3 is 4.90 Å². The fourth-order valence-electron chi connectivity index (χ4n) is 4.55. The Hall–Kier alpha value is -3.30. The number of anilines is 1. The van der Waals surface area contributed by atoms with Crippen molar-refractivity contribution in [3.8, 4) is 11.3 Å². The molecule has 35 heavy (non-hydrogen) atoms. The van der Waals surface area contributed by atoms with Crippen molar-refractivity contribution in [2.24, 2.45) is 0 Å². The van der Waals surface area contributed by atoms with Crippen LogP contribution >= 0.6 is 11.8 Å². The van der Waals surface area contributed by atoms with E-state index < -0.39 is 5.91 Å². The maximum absolute atomic E-state index is 11.9. The molecule has 2 aliphatic rings. The number of pyridine rings is 1. The van der Waals surface area contributed by atoms with E-state index in [1.165, 1.54) is 30.6 Å². The number of aryl methyl sites for hydroxylation is 1. The normalized spacial score (nSPS) is 18.0. The molecule has 9 heteroatoms. The number of unbranched alkanes of at least 4 members (excludes halogenated alkanes) is 1. The molecule has 8 nitrogen and oxygen atoms in total. The average Bonchev–Trinajstić information content (AvgIpc) is 3.18. The van der Waals surface area contributed by atoms with Crippen molar-refractivity contribution in [2.45, 2.75) is 26.7 Å². The lowest BCUT2D eigenvalue weighted by Gasteiger charge is -2.37. The smallest absolute Gasteiger partial charge is 0.290 e. The number of fused-ring (bicyclic) bond motifs is 1. The van der Waals surface area contributed by atoms with E-state index in [2.05, 4.69) is 57.1 Å². The van der Waals surface area contributed by atoms with E-state index in [9.17, 15) is 9.59 Å². The summed E-state index contributed by atoms with van der Waals surface area (Å²) in [6.07, 6.45) is 5.67. The van der Waals surface area contributed by atoms with Gasteiger partial charge in [0, 0.05) is 37.4 Å². The van der Waals surface area contributed by atoms with Crippen molar-refractivity contribution in [3.63, 3.8) is 0 Å². The first-order chi connectivity index (χ1) is 17.0. The van der Waals surface area contributed by atoms with Crippen molar-refractivity contribution in [2.75, 3.05) is 37.6 Å². The number of carbonyl (C=O) groups is 2. The number of amides is 2. The zero-order valence-corrected chi connectivity index (χ0v) is 20.8. The molecular weight excluding hydrogens is 460 g/mol. The molecule has 1 N–H and O–H groups in total. The van der Waals surface area contributed by atoms with E-state index in [4.69, 9.17) is 4.98 Å². The highest BCUT2D eigenvalue weighted by atomic mass is 32.2. The standard InChI is InChI=1S/C26H28N6O2S/c1-3-4-9-31-10-12-32(13-11-31)21-8-5-18(14-17(21)2)23-24-20(27-16-28-23)7-6-19(29-24)15-22-25(33)30-26(34)35-22/h5-8,14-16H,3-4,9-13H2,1-2H3,(H,30,33,34). The van der Waals surface area contributed by atoms with Crippen LogP contribution in [-0.4, -0.2) is 63.7 Å². The van der Waals surface area contributed by atoms with Crippen LogP contribution in [0.25, 0.3) is 28.4 Å². The Morgan fingerprint density at radius 2 is 1.91 bits per heavy atom. The van der Waals surface area contributed by atoms with Crippen LogP contribution in [0.5, 0.6) is 0 Å². The number of carbonyl (C=O) groups excluding carboxylic acids is 2. The zero-order valence-electron chi connectivity index (χ0n) is 20.0. The number of thioether (sulfide) groups is 1. The molecule has 1 aromatic carbocycles. The molecular formula is C26H28N6O2S. The first-order valence-electron chi connectivity index (χ1n) is 12.0. The Labute approximate surface area is 208 Å². The molecule has 0 atom stereocenters. The van der Waals surface area contributed by atoms with Gasteiger partial charge in [0.05, 0.1) is 21.8 Å². The molecule has 4 heterocycles. The van der Waals surface area contributed by atoms with Gasteiger partial charge in [-0.1, -0.05) is 19.4 Å². The number of aromatic nitrogens is 3. The van der Waals surface area contributed by atoms with E-state index in [-0.39, 0.29) is 5.24 Å². The second-order valence-electron chi connectivity index (χ2n) is 8.86. The van der Waals surface area contributed by atoms with E-state index in [1.807, 2.05) is 6.07 Å². The molecule has 0 radical (unpaired) electrons. The van der Waals surface area contributed by atoms with Crippen molar-refractivity contribution in [1.82, 2.24) is 25.2 Å². The Bertz CT molecular complexity index is 1320. The van der Waals surface area contributed by atoms with Gasteiger partial charge in [-0.2, -0.15) is 0 Å². The fraction of sp³-hybridized carbons (Fsp3) is 0.346. The quantitative estimate of drug-likeness (QED) is 0.515. The topological polar surface area (TPSA) is 91.3 Å². The summed E-state index contributed by atoms with van der Waals surface area (Å²) in [5, 5.41) is 1.90. The summed E-state index contributed by atoms with van der Waals surface area (Å²) in [5.74, 6) is -0.399. The highest BCUT2D eigenvalue weighted by molar-refractivity contribution is 8.18. The van der Waals surface area contributed by atoms with Gasteiger partial charge >= 0.3 is 0 Å². The van der Waals surface area contributed by atoms with Crippen LogP contribution in [0, 0.1) is 6.92 Å². The van der Waals surface area contributed by atoms with E-state index >= 15 is 0 Å². The van der Waals surface area contributed by atoms with Crippen LogP contribution in [0.15, 0.2) is 41.6 Å². The summed E-state index contributed by atoms with van der Waals surface area (Å²) in [6.45, 7) is 9.84. The van der Waals surface area contributed by atoms with Crippen LogP contribution < -0.4 is 10.2 Å². The lowest BCUT2D eigenvalue weighted by molar-refractivity contribution is -0.115. The predicted molar refractivity (Wildman–Crippen MR) is 140 cm³/mol. The molecule has 2 aliphatic heterocycles. The number of benzene rings is 1. The van der Waals surface area contributed by atoms with Gasteiger partial charge in [-0.3, -0.25) is 19.8 Å². The van der Waals surface area contributed by atoms with Crippen LogP contribution in [0.2, 0.25) is 0 Å². The van der Waals surface area contributed by atoms with Gasteiger partial charge in [0.2, 0.25) is 0 Å². The Morgan fingerprint density at radius 3 is 2.63 bits per heavy atom. The van der Waals surface area contributed by atoms with Crippen molar-refractivity contribution >= 4 is 45.7 Å². The van der Waals surface area contributed by atoms with E-state index in [1.54, 1.807) is 18.5 Å². The molecule has 2 amide bonds. The molecule has 0 aliphatic carbocycles. The SMILES string of the molecule is CCCCN1CCN(c2ccc(-c3ncnc4ccc(C=C5SC(=O)NC5=O)nc34)cc2C)CC1. The van der Waals surface area contributed by atoms with Crippen LogP contribution in [0.1, 0.15) is 31.0 Å². The lowest BCUT2D eigenvalue weighted by Crippen LogP contribution is -2.46. The van der Waals surface area contributed by atoms with Crippen LogP contribution in [0.3, 0.4) is 0 Å². The maximum atomic E-state index is 11.9. The Morgan fingerprint density at radius 1 is 1.09 bits per heavy atom. The minimum absolute atomic E-state index is 0.329. The average molecular weight is 489 g/mol. The Kier molecular flexibility index (Phi) is 6.79. The van der Waals surface area contributed by atoms with E-state index in [0.717, 1.165) is 54.7 Å². The van der Waals surface area contributed by atoms with Crippen molar-refractivity contribution in [3.05, 3.63) is 52.8 Å². The predicted octanol–water partition coefficient (Wildman–Crippen LogP) is 4.25. The first-order valence-corrected chi connectivity index (χ1v) is 12.8. The first kappa shape index (κ1) is 23.4. The van der Waals surface area contributed by atoms with Crippen LogP contribution in [0.4, 0.5) is 10.5 Å². The number of nitrogens with zero attached hydrogens (tertiary/aromatic N) is 5. The molecule has 0 spiro atoms. The third-order valence-corrected chi connectivity index (χ3v) is 7.25. The molecule has 0 saturated carbocycles. The molecule has 2 saturated heterocycles. The minimum Gasteiger partial charge on any atom is -0.369 e. The number of piperazine rings is 1. The second-order valence-corrected chi connectivity index (χ2v) is 9.88. The second kappa shape index (κ2) is 10.1. The summed E-state index contributed by atoms with van der Waals surface area (Å²) < 4.78 is 0. The number of hydrogen-bond donors (Lipinski definition) is 1. The molecule has 2 aromatic heterocycles. The molecule has 0 bridgehead atoms. The van der Waals surface area contributed by atoms with Crippen molar-refractivity contribution < 1.29 is 9.59 Å². The summed E-state index contributed by atoms with van der Waals surface area (Å²) in [5.41, 5.74) is 6.14. The largest absolute Gasteiger partial charge is 0.369 e. The zero-order chi connectivity index (χ0) is 24.4.